The lowest BCUT2D eigenvalue weighted by Crippen LogP contribution is -1.93. The molecular formula is C17H16OS. The summed E-state index contributed by atoms with van der Waals surface area (Å²) < 4.78 is 0. The second-order valence-corrected chi connectivity index (χ2v) is 5.53. The summed E-state index contributed by atoms with van der Waals surface area (Å²) in [5, 5.41) is 0.200. The molecule has 0 amide bonds. The summed E-state index contributed by atoms with van der Waals surface area (Å²) in [6.45, 7) is 1.61. The van der Waals surface area contributed by atoms with Crippen molar-refractivity contribution in [1.29, 1.82) is 0 Å². The van der Waals surface area contributed by atoms with E-state index in [9.17, 15) is 4.79 Å². The molecule has 0 radical (unpaired) electrons. The first-order valence-electron chi connectivity index (χ1n) is 6.21. The minimum absolute atomic E-state index is 0.0684. The lowest BCUT2D eigenvalue weighted by atomic mass is 10.1. The first-order chi connectivity index (χ1) is 9.25. The van der Waals surface area contributed by atoms with Crippen molar-refractivity contribution in [2.75, 3.05) is 0 Å². The zero-order valence-electron chi connectivity index (χ0n) is 10.8. The summed E-state index contributed by atoms with van der Waals surface area (Å²) in [6, 6.07) is 20.2. The Bertz CT molecular complexity index is 546. The molecule has 1 nitrogen and oxygen atoms in total. The van der Waals surface area contributed by atoms with Crippen molar-refractivity contribution in [3.05, 3.63) is 77.9 Å². The van der Waals surface area contributed by atoms with Crippen LogP contribution in [0.25, 0.3) is 6.08 Å². The van der Waals surface area contributed by atoms with E-state index in [1.54, 1.807) is 6.92 Å². The summed E-state index contributed by atoms with van der Waals surface area (Å²) in [6.07, 6.45) is 4.14. The van der Waals surface area contributed by atoms with Crippen LogP contribution in [0.3, 0.4) is 0 Å². The normalized spacial score (nSPS) is 12.5. The molecule has 0 spiro atoms. The van der Waals surface area contributed by atoms with Gasteiger partial charge < -0.3 is 0 Å². The van der Waals surface area contributed by atoms with Crippen molar-refractivity contribution in [2.24, 2.45) is 0 Å². The van der Waals surface area contributed by atoms with Crippen molar-refractivity contribution in [2.45, 2.75) is 12.2 Å². The minimum atomic E-state index is 0.0684. The highest BCUT2D eigenvalue weighted by atomic mass is 32.2. The highest BCUT2D eigenvalue weighted by Crippen LogP contribution is 2.31. The summed E-state index contributed by atoms with van der Waals surface area (Å²) in [7, 11) is 0. The molecule has 1 unspecified atom stereocenters. The maximum absolute atomic E-state index is 11.4. The highest BCUT2D eigenvalue weighted by Gasteiger charge is 2.10. The predicted molar refractivity (Wildman–Crippen MR) is 82.9 cm³/mol. The zero-order valence-corrected chi connectivity index (χ0v) is 11.6. The summed E-state index contributed by atoms with van der Waals surface area (Å²) in [5.74, 6) is 0. The van der Waals surface area contributed by atoms with Gasteiger partial charge in [0.1, 0.15) is 0 Å². The third kappa shape index (κ3) is 4.42. The van der Waals surface area contributed by atoms with Crippen LogP contribution in [-0.4, -0.2) is 5.12 Å². The van der Waals surface area contributed by atoms with Crippen molar-refractivity contribution in [1.82, 2.24) is 0 Å². The standard InChI is InChI=1S/C17H16OS/c1-14(18)19-17(16-10-6-3-7-11-16)13-12-15-8-4-2-5-9-15/h2-13,17H,1H3/b13-12+. The molecule has 2 rings (SSSR count). The Morgan fingerprint density at radius 2 is 1.58 bits per heavy atom. The van der Waals surface area contributed by atoms with Crippen LogP contribution in [0.4, 0.5) is 0 Å². The maximum atomic E-state index is 11.4. The van der Waals surface area contributed by atoms with Gasteiger partial charge >= 0.3 is 0 Å². The van der Waals surface area contributed by atoms with Gasteiger partial charge in [-0.25, -0.2) is 0 Å². The van der Waals surface area contributed by atoms with E-state index < -0.39 is 0 Å². The van der Waals surface area contributed by atoms with Crippen LogP contribution in [0, 0.1) is 0 Å². The lowest BCUT2D eigenvalue weighted by Gasteiger charge is -2.10. The molecule has 0 aliphatic carbocycles. The Morgan fingerprint density at radius 1 is 1.00 bits per heavy atom. The molecule has 0 N–H and O–H groups in total. The molecule has 19 heavy (non-hydrogen) atoms. The van der Waals surface area contributed by atoms with Crippen molar-refractivity contribution in [3.63, 3.8) is 0 Å². The third-order valence-electron chi connectivity index (χ3n) is 2.68. The molecule has 2 aromatic rings. The Kier molecular flexibility index (Phi) is 4.99. The number of benzene rings is 2. The van der Waals surface area contributed by atoms with Crippen LogP contribution in [0.1, 0.15) is 23.3 Å². The molecule has 0 heterocycles. The lowest BCUT2D eigenvalue weighted by molar-refractivity contribution is -0.109. The highest BCUT2D eigenvalue weighted by molar-refractivity contribution is 8.13. The number of carbonyl (C=O) groups excluding carboxylic acids is 1. The van der Waals surface area contributed by atoms with E-state index in [0.717, 1.165) is 11.1 Å². The van der Waals surface area contributed by atoms with Crippen LogP contribution in [0.2, 0.25) is 0 Å². The smallest absolute Gasteiger partial charge is 0.186 e. The first kappa shape index (κ1) is 13.6. The summed E-state index contributed by atoms with van der Waals surface area (Å²) in [5.41, 5.74) is 2.29. The van der Waals surface area contributed by atoms with Gasteiger partial charge in [-0.15, -0.1) is 0 Å². The number of thioether (sulfide) groups is 1. The third-order valence-corrected chi connectivity index (χ3v) is 3.70. The molecule has 0 bridgehead atoms. The molecule has 96 valence electrons. The minimum Gasteiger partial charge on any atom is -0.288 e. The van der Waals surface area contributed by atoms with Crippen LogP contribution in [0.5, 0.6) is 0 Å². The van der Waals surface area contributed by atoms with E-state index >= 15 is 0 Å². The fourth-order valence-corrected chi connectivity index (χ4v) is 2.61. The van der Waals surface area contributed by atoms with Crippen molar-refractivity contribution in [3.8, 4) is 0 Å². The van der Waals surface area contributed by atoms with E-state index in [1.807, 2.05) is 36.4 Å². The van der Waals surface area contributed by atoms with Gasteiger partial charge in [0.15, 0.2) is 5.12 Å². The predicted octanol–water partition coefficient (Wildman–Crippen LogP) is 4.72. The maximum Gasteiger partial charge on any atom is 0.186 e. The van der Waals surface area contributed by atoms with Crippen LogP contribution in [-0.2, 0) is 4.79 Å². The van der Waals surface area contributed by atoms with Crippen LogP contribution >= 0.6 is 11.8 Å². The second-order valence-electron chi connectivity index (χ2n) is 4.21. The van der Waals surface area contributed by atoms with Crippen LogP contribution < -0.4 is 0 Å². The van der Waals surface area contributed by atoms with Crippen molar-refractivity contribution >= 4 is 23.0 Å². The monoisotopic (exact) mass is 268 g/mol. The number of rotatable bonds is 4. The van der Waals surface area contributed by atoms with Gasteiger partial charge in [0.2, 0.25) is 0 Å². The van der Waals surface area contributed by atoms with Gasteiger partial charge in [0, 0.05) is 6.92 Å². The first-order valence-corrected chi connectivity index (χ1v) is 7.09. The van der Waals surface area contributed by atoms with Crippen molar-refractivity contribution < 1.29 is 4.79 Å². The van der Waals surface area contributed by atoms with Crippen LogP contribution in [0.15, 0.2) is 66.7 Å². The summed E-state index contributed by atoms with van der Waals surface area (Å²) in [4.78, 5) is 11.4. The van der Waals surface area contributed by atoms with Gasteiger partial charge in [0.25, 0.3) is 0 Å². The molecular weight excluding hydrogens is 252 g/mol. The van der Waals surface area contributed by atoms with E-state index in [1.165, 1.54) is 11.8 Å². The average molecular weight is 268 g/mol. The van der Waals surface area contributed by atoms with Gasteiger partial charge in [-0.2, -0.15) is 0 Å². The largest absolute Gasteiger partial charge is 0.288 e. The zero-order chi connectivity index (χ0) is 13.5. The van der Waals surface area contributed by atoms with E-state index in [4.69, 9.17) is 0 Å². The number of hydrogen-bond acceptors (Lipinski definition) is 2. The summed E-state index contributed by atoms with van der Waals surface area (Å²) >= 11 is 1.35. The number of hydrogen-bond donors (Lipinski definition) is 0. The van der Waals surface area contributed by atoms with Gasteiger partial charge in [0.05, 0.1) is 5.25 Å². The number of carbonyl (C=O) groups is 1. The van der Waals surface area contributed by atoms with Gasteiger partial charge in [-0.05, 0) is 11.1 Å². The Morgan fingerprint density at radius 3 is 2.16 bits per heavy atom. The topological polar surface area (TPSA) is 17.1 Å². The Hall–Kier alpha value is -1.80. The fraction of sp³-hybridized carbons (Fsp3) is 0.118. The second kappa shape index (κ2) is 6.95. The Labute approximate surface area is 118 Å². The molecule has 2 heteroatoms. The molecule has 0 saturated heterocycles. The molecule has 0 aliphatic rings. The molecule has 2 aromatic carbocycles. The SMILES string of the molecule is CC(=O)SC(/C=C/c1ccccc1)c1ccccc1. The molecule has 0 aromatic heterocycles. The quantitative estimate of drug-likeness (QED) is 0.798. The fourth-order valence-electron chi connectivity index (χ4n) is 1.80. The van der Waals surface area contributed by atoms with E-state index in [2.05, 4.69) is 36.4 Å². The van der Waals surface area contributed by atoms with Gasteiger partial charge in [-0.3, -0.25) is 4.79 Å². The van der Waals surface area contributed by atoms with E-state index in [0.29, 0.717) is 0 Å². The molecule has 0 aliphatic heterocycles. The molecule has 0 saturated carbocycles. The molecule has 1 atom stereocenters. The average Bonchev–Trinajstić information content (AvgIpc) is 2.45. The Balaban J connectivity index is 2.19. The molecule has 0 fully saturated rings. The van der Waals surface area contributed by atoms with Gasteiger partial charge in [-0.1, -0.05) is 84.6 Å². The van der Waals surface area contributed by atoms with E-state index in [-0.39, 0.29) is 10.4 Å².